The molecule has 1 aromatic carbocycles. The molecule has 8 heteroatoms. The van der Waals surface area contributed by atoms with E-state index >= 15 is 0 Å². The number of hydrogen-bond acceptors (Lipinski definition) is 6. The van der Waals surface area contributed by atoms with Gasteiger partial charge in [-0.05, 0) is 17.5 Å². The second kappa shape index (κ2) is 9.07. The smallest absolute Gasteiger partial charge is 0.225 e. The van der Waals surface area contributed by atoms with Crippen LogP contribution in [0.5, 0.6) is 0 Å². The minimum Gasteiger partial charge on any atom is -0.387 e. The first-order valence-corrected chi connectivity index (χ1v) is 9.29. The van der Waals surface area contributed by atoms with Crippen LogP contribution < -0.4 is 16.0 Å². The van der Waals surface area contributed by atoms with Crippen LogP contribution in [0.3, 0.4) is 0 Å². The van der Waals surface area contributed by atoms with Crippen LogP contribution in [0.1, 0.15) is 24.8 Å². The summed E-state index contributed by atoms with van der Waals surface area (Å²) in [6.45, 7) is 1.89. The van der Waals surface area contributed by atoms with Crippen LogP contribution in [-0.4, -0.2) is 47.1 Å². The van der Waals surface area contributed by atoms with Crippen LogP contribution in [0.25, 0.3) is 11.1 Å². The van der Waals surface area contributed by atoms with Gasteiger partial charge in [-0.1, -0.05) is 24.3 Å². The third kappa shape index (κ3) is 5.35. The van der Waals surface area contributed by atoms with E-state index in [2.05, 4.69) is 15.3 Å². The largest absolute Gasteiger partial charge is 0.387 e. The Hall–Kier alpha value is -3.29. The molecule has 1 aliphatic heterocycles. The number of amidine groups is 1. The number of ketones is 1. The number of carbonyl (C=O) groups is 2. The number of aryl methyl sites for hydroxylation is 1. The van der Waals surface area contributed by atoms with E-state index in [-0.39, 0.29) is 23.9 Å². The second-order valence-corrected chi connectivity index (χ2v) is 6.80. The maximum absolute atomic E-state index is 11.7. The molecule has 4 N–H and O–H groups in total. The Morgan fingerprint density at radius 3 is 2.75 bits per heavy atom. The molecular weight excluding hydrogens is 356 g/mol. The topological polar surface area (TPSA) is 125 Å². The number of rotatable bonds is 7. The number of hydrogen-bond donors (Lipinski definition) is 3. The summed E-state index contributed by atoms with van der Waals surface area (Å²) in [5.41, 5.74) is 8.18. The van der Waals surface area contributed by atoms with Crippen molar-refractivity contribution in [3.8, 4) is 11.1 Å². The van der Waals surface area contributed by atoms with Gasteiger partial charge in [-0.25, -0.2) is 9.97 Å². The molecule has 8 nitrogen and oxygen atoms in total. The molecule has 1 fully saturated rings. The highest BCUT2D eigenvalue weighted by molar-refractivity contribution is 5.98. The van der Waals surface area contributed by atoms with Crippen LogP contribution >= 0.6 is 0 Å². The number of nitrogens with two attached hydrogens (primary N) is 1. The standard InChI is InChI=1S/C20H24N6O2/c21-18(22)11-17(27)5-4-14-2-1-3-15(10-14)16-12-24-20(25-13-16)26-8-6-19(28)23-7-9-26/h1-3,10,12-13H,4-9,11H2,(H3,21,22)(H,23,28). The molecule has 2 heterocycles. The van der Waals surface area contributed by atoms with Gasteiger partial charge >= 0.3 is 0 Å². The number of nitrogens with one attached hydrogen (secondary N) is 2. The van der Waals surface area contributed by atoms with Gasteiger partial charge in [0.1, 0.15) is 5.78 Å². The Morgan fingerprint density at radius 2 is 2.00 bits per heavy atom. The molecule has 3 rings (SSSR count). The van der Waals surface area contributed by atoms with Crippen LogP contribution in [0, 0.1) is 5.41 Å². The first-order chi connectivity index (χ1) is 13.5. The predicted molar refractivity (Wildman–Crippen MR) is 107 cm³/mol. The highest BCUT2D eigenvalue weighted by atomic mass is 16.1. The number of anilines is 1. The van der Waals surface area contributed by atoms with Crippen molar-refractivity contribution in [1.29, 1.82) is 5.41 Å². The quantitative estimate of drug-likeness (QED) is 0.491. The van der Waals surface area contributed by atoms with E-state index in [1.54, 1.807) is 12.4 Å². The first kappa shape index (κ1) is 19.5. The van der Waals surface area contributed by atoms with E-state index in [1.807, 2.05) is 29.2 Å². The van der Waals surface area contributed by atoms with Gasteiger partial charge in [0.05, 0.1) is 12.3 Å². The summed E-state index contributed by atoms with van der Waals surface area (Å²) < 4.78 is 0. The van der Waals surface area contributed by atoms with Crippen LogP contribution in [-0.2, 0) is 16.0 Å². The summed E-state index contributed by atoms with van der Waals surface area (Å²) >= 11 is 0. The number of nitrogens with zero attached hydrogens (tertiary/aromatic N) is 3. The zero-order valence-corrected chi connectivity index (χ0v) is 15.6. The first-order valence-electron chi connectivity index (χ1n) is 9.29. The van der Waals surface area contributed by atoms with Crippen LogP contribution in [0.4, 0.5) is 5.95 Å². The summed E-state index contributed by atoms with van der Waals surface area (Å²) in [4.78, 5) is 34.1. The second-order valence-electron chi connectivity index (χ2n) is 6.80. The van der Waals surface area contributed by atoms with Crippen molar-refractivity contribution < 1.29 is 9.59 Å². The fourth-order valence-corrected chi connectivity index (χ4v) is 3.09. The zero-order valence-electron chi connectivity index (χ0n) is 15.6. The molecule has 28 heavy (non-hydrogen) atoms. The van der Waals surface area contributed by atoms with E-state index in [0.29, 0.717) is 44.8 Å². The van der Waals surface area contributed by atoms with Gasteiger partial charge in [0.2, 0.25) is 11.9 Å². The zero-order chi connectivity index (χ0) is 19.9. The lowest BCUT2D eigenvalue weighted by atomic mass is 10.0. The Labute approximate surface area is 163 Å². The number of aromatic nitrogens is 2. The normalized spacial score (nSPS) is 14.3. The van der Waals surface area contributed by atoms with Crippen LogP contribution in [0.2, 0.25) is 0 Å². The molecule has 0 aliphatic carbocycles. The molecule has 0 bridgehead atoms. The number of amides is 1. The molecule has 1 aliphatic rings. The Kier molecular flexibility index (Phi) is 6.31. The summed E-state index contributed by atoms with van der Waals surface area (Å²) in [5, 5.41) is 10.0. The molecule has 2 aromatic rings. The SMILES string of the molecule is N=C(N)CC(=O)CCc1cccc(-c2cnc(N3CCNC(=O)CC3)nc2)c1. The lowest BCUT2D eigenvalue weighted by Gasteiger charge is -2.19. The monoisotopic (exact) mass is 380 g/mol. The molecule has 0 atom stereocenters. The van der Waals surface area contributed by atoms with Crippen molar-refractivity contribution in [3.05, 3.63) is 42.2 Å². The van der Waals surface area contributed by atoms with Crippen molar-refractivity contribution in [2.45, 2.75) is 25.7 Å². The fourth-order valence-electron chi connectivity index (χ4n) is 3.09. The number of benzene rings is 1. The summed E-state index contributed by atoms with van der Waals surface area (Å²) in [5.74, 6) is 0.542. The van der Waals surface area contributed by atoms with Gasteiger partial charge in [0, 0.05) is 50.4 Å². The maximum atomic E-state index is 11.7. The third-order valence-corrected chi connectivity index (χ3v) is 4.57. The molecule has 0 unspecified atom stereocenters. The highest BCUT2D eigenvalue weighted by Crippen LogP contribution is 2.21. The number of Topliss-reactive ketones (excluding diaryl/α,β-unsaturated/α-hetero) is 1. The van der Waals surface area contributed by atoms with E-state index in [9.17, 15) is 9.59 Å². The molecule has 0 spiro atoms. The molecule has 0 radical (unpaired) electrons. The minimum absolute atomic E-state index is 0.00656. The Morgan fingerprint density at radius 1 is 1.21 bits per heavy atom. The average molecular weight is 380 g/mol. The van der Waals surface area contributed by atoms with Crippen LogP contribution in [0.15, 0.2) is 36.7 Å². The molecule has 1 saturated heterocycles. The molecule has 0 saturated carbocycles. The van der Waals surface area contributed by atoms with Gasteiger partial charge in [-0.3, -0.25) is 15.0 Å². The molecular formula is C20H24N6O2. The van der Waals surface area contributed by atoms with Crippen molar-refractivity contribution >= 4 is 23.5 Å². The van der Waals surface area contributed by atoms with Crippen molar-refractivity contribution in [2.75, 3.05) is 24.5 Å². The Balaban J connectivity index is 1.66. The van der Waals surface area contributed by atoms with Gasteiger partial charge in [0.25, 0.3) is 0 Å². The number of carbonyl (C=O) groups excluding carboxylic acids is 2. The van der Waals surface area contributed by atoms with Crippen molar-refractivity contribution in [1.82, 2.24) is 15.3 Å². The average Bonchev–Trinajstić information content (AvgIpc) is 2.91. The molecule has 1 aromatic heterocycles. The Bertz CT molecular complexity index is 865. The van der Waals surface area contributed by atoms with E-state index < -0.39 is 0 Å². The fraction of sp³-hybridized carbons (Fsp3) is 0.350. The van der Waals surface area contributed by atoms with Crippen molar-refractivity contribution in [3.63, 3.8) is 0 Å². The van der Waals surface area contributed by atoms with E-state index in [4.69, 9.17) is 11.1 Å². The van der Waals surface area contributed by atoms with E-state index in [1.165, 1.54) is 0 Å². The lowest BCUT2D eigenvalue weighted by Crippen LogP contribution is -2.29. The van der Waals surface area contributed by atoms with Gasteiger partial charge < -0.3 is 16.0 Å². The maximum Gasteiger partial charge on any atom is 0.225 e. The molecule has 1 amide bonds. The van der Waals surface area contributed by atoms with E-state index in [0.717, 1.165) is 16.7 Å². The van der Waals surface area contributed by atoms with Gasteiger partial charge in [0.15, 0.2) is 0 Å². The van der Waals surface area contributed by atoms with Crippen molar-refractivity contribution in [2.24, 2.45) is 5.73 Å². The summed E-state index contributed by atoms with van der Waals surface area (Å²) in [6.07, 6.45) is 4.97. The summed E-state index contributed by atoms with van der Waals surface area (Å²) in [7, 11) is 0. The van der Waals surface area contributed by atoms with Gasteiger partial charge in [-0.2, -0.15) is 0 Å². The predicted octanol–water partition coefficient (Wildman–Crippen LogP) is 1.30. The van der Waals surface area contributed by atoms with Gasteiger partial charge in [-0.15, -0.1) is 0 Å². The highest BCUT2D eigenvalue weighted by Gasteiger charge is 2.15. The molecule has 146 valence electrons. The summed E-state index contributed by atoms with van der Waals surface area (Å²) in [6, 6.07) is 7.92. The minimum atomic E-state index is -0.0967. The third-order valence-electron chi connectivity index (χ3n) is 4.57. The lowest BCUT2D eigenvalue weighted by molar-refractivity contribution is -0.120.